The summed E-state index contributed by atoms with van der Waals surface area (Å²) in [6.45, 7) is 14.9. The Bertz CT molecular complexity index is 7070. The average molecular weight is 2080 g/mol. The van der Waals surface area contributed by atoms with E-state index in [0.29, 0.717) is 122 Å². The zero-order chi connectivity index (χ0) is 106. The molecule has 12 heterocycles. The number of aromatic nitrogens is 6. The summed E-state index contributed by atoms with van der Waals surface area (Å²) in [7, 11) is 3.26. The molecule has 0 aliphatic carbocycles. The fourth-order valence-electron chi connectivity index (χ4n) is 17.3. The summed E-state index contributed by atoms with van der Waals surface area (Å²) in [6, 6.07) is 18.2. The molecule has 4 atom stereocenters. The Kier molecular flexibility index (Phi) is 30.0. The third kappa shape index (κ3) is 25.2. The number of halogens is 27. The van der Waals surface area contributed by atoms with Gasteiger partial charge in [0, 0.05) is 132 Å². The van der Waals surface area contributed by atoms with E-state index >= 15 is 0 Å². The Balaban J connectivity index is 0.000000145. The minimum atomic E-state index is -4.82. The minimum Gasteiger partial charge on any atom is -0.489 e. The van der Waals surface area contributed by atoms with Gasteiger partial charge in [0.15, 0.2) is 0 Å². The SMILES string of the molecule is CC(C)CN1CCOc2cc3[nH]c(=O)cc(C(F)(F)F)c3cc21.CC(C)CN1CCOc2cc3c(cc21)c(C(F)(F)F)cc(=O)n3C.CC1CN(C)c2cc3c(C(F)(F)F)cc(=O)[nH]c3cc2O1.CC1CN(CC(F)(F)F)c2cc3c(C(F)(F)F)cc(=O)[nH]c3cc2O1.CC1CN(CC(F)(F)F)c2cc3c(C(F)(F)F)cc(=O)[nH]c3cc2O1.CCC1CN(CC(F)(F)F)c2cc3c(C(F)(F)F)cc(=O)[nH]c3cc2O1. The molecule has 6 aliphatic rings. The fraction of sp³-hybridized carbons (Fsp3) is 0.419. The molecule has 780 valence electrons. The zero-order valence-corrected chi connectivity index (χ0v) is 77.0. The van der Waals surface area contributed by atoms with Crippen molar-refractivity contribution in [3.8, 4) is 34.5 Å². The lowest BCUT2D eigenvalue weighted by atomic mass is 10.0. The van der Waals surface area contributed by atoms with Crippen molar-refractivity contribution in [2.45, 2.75) is 142 Å². The molecule has 0 fully saturated rings. The number of pyridine rings is 6. The molecule has 5 N–H and O–H groups in total. The van der Waals surface area contributed by atoms with Crippen molar-refractivity contribution < 1.29 is 147 Å². The van der Waals surface area contributed by atoms with Crippen molar-refractivity contribution in [2.24, 2.45) is 18.9 Å². The van der Waals surface area contributed by atoms with Crippen molar-refractivity contribution in [3.05, 3.63) is 205 Å². The number of hydrogen-bond acceptors (Lipinski definition) is 18. The molecular formula is C93H87F27N12O12. The molecule has 4 unspecified atom stereocenters. The monoisotopic (exact) mass is 2080 g/mol. The van der Waals surface area contributed by atoms with Crippen LogP contribution in [0.15, 0.2) is 138 Å². The van der Waals surface area contributed by atoms with Gasteiger partial charge >= 0.3 is 55.6 Å². The highest BCUT2D eigenvalue weighted by Gasteiger charge is 2.45. The smallest absolute Gasteiger partial charge is 0.417 e. The molecule has 0 saturated heterocycles. The number of alkyl halides is 27. The van der Waals surface area contributed by atoms with Crippen LogP contribution < -0.4 is 91.2 Å². The van der Waals surface area contributed by atoms with Crippen molar-refractivity contribution in [1.82, 2.24) is 29.5 Å². The van der Waals surface area contributed by atoms with Crippen LogP contribution in [0, 0.1) is 11.8 Å². The van der Waals surface area contributed by atoms with Gasteiger partial charge in [0.25, 0.3) is 5.56 Å². The number of fused-ring (bicyclic) bond motifs is 12. The number of anilines is 6. The van der Waals surface area contributed by atoms with E-state index in [1.54, 1.807) is 27.8 Å². The normalized spacial score (nSPS) is 17.1. The first kappa shape index (κ1) is 108. The number of aryl methyl sites for hydroxylation is 1. The zero-order valence-electron chi connectivity index (χ0n) is 77.0. The van der Waals surface area contributed by atoms with E-state index in [2.05, 4.69) is 52.6 Å². The number of likely N-dealkylation sites (N-methyl/N-ethyl adjacent to an activating group) is 1. The summed E-state index contributed by atoms with van der Waals surface area (Å²) in [5.41, 5.74) is -9.91. The number of ether oxygens (including phenoxy) is 6. The second kappa shape index (κ2) is 40.1. The second-order valence-electron chi connectivity index (χ2n) is 35.5. The van der Waals surface area contributed by atoms with Gasteiger partial charge in [-0.2, -0.15) is 119 Å². The van der Waals surface area contributed by atoms with Crippen LogP contribution in [0.1, 0.15) is 95.2 Å². The number of hydrogen-bond donors (Lipinski definition) is 5. The molecular weight excluding hydrogens is 1990 g/mol. The molecule has 0 spiro atoms. The average Bonchev–Trinajstić information content (AvgIpc) is 0.738. The quantitative estimate of drug-likeness (QED) is 0.0886. The molecule has 6 aliphatic heterocycles. The Morgan fingerprint density at radius 1 is 0.312 bits per heavy atom. The highest BCUT2D eigenvalue weighted by Crippen LogP contribution is 2.50. The molecule has 6 aromatic carbocycles. The van der Waals surface area contributed by atoms with Gasteiger partial charge in [-0.3, -0.25) is 28.8 Å². The number of benzene rings is 6. The van der Waals surface area contributed by atoms with Crippen LogP contribution in [-0.4, -0.2) is 165 Å². The first-order valence-corrected chi connectivity index (χ1v) is 43.8. The van der Waals surface area contributed by atoms with E-state index < -0.39 is 171 Å². The lowest BCUT2D eigenvalue weighted by Crippen LogP contribution is -2.44. The Morgan fingerprint density at radius 3 is 0.868 bits per heavy atom. The summed E-state index contributed by atoms with van der Waals surface area (Å²) in [5, 5.41) is -1.21. The highest BCUT2D eigenvalue weighted by atomic mass is 19.4. The standard InChI is InChI=1S/C17H19F3N2O2.C16H14F6N2O2.C16H17F3N2O2.2C15H12F6N2O2.C14H13F3N2O2/c1-10(2)9-22-4-5-24-15-8-13-11(6-14(15)22)12(17(18,19)20)7-16(23)21(13)3;1-2-8-6-24(7-15(17,18)19)12-3-9-10(16(20,21)22)4-14(25)23-11(9)5-13(12)26-8;1-9(2)8-21-3-4-23-14-7-12-10(5-13(14)21)11(16(17,18)19)6-15(22)20-12;2*1-7-5-23(6-14(16,17)18)11-2-8-9(15(19,20)21)3-13(24)22-10(8)4-12(11)25-7;1-7-6-19(2)11-3-8-9(14(15,16)17)4-13(20)18-10(8)5-12(11)21-7/h6-8,10H,4-5,9H2,1-3H3;3-5,8H,2,6-7H2,1H3,(H,23,25);5-7,9H,3-4,8H2,1-2H3,(H,20,22);2*2-4,7H,5-6H2,1H3,(H,22,24);3-5,7H,6H2,1-2H3,(H,18,20). The van der Waals surface area contributed by atoms with Gasteiger partial charge in [0.05, 0.1) is 140 Å². The lowest BCUT2D eigenvalue weighted by molar-refractivity contribution is -0.137. The maximum absolute atomic E-state index is 13.4. The molecule has 0 amide bonds. The topological polar surface area (TPSA) is 261 Å². The molecule has 6 aromatic heterocycles. The fourth-order valence-corrected chi connectivity index (χ4v) is 17.3. The summed E-state index contributed by atoms with van der Waals surface area (Å²) < 4.78 is 388. The molecule has 144 heavy (non-hydrogen) atoms. The van der Waals surface area contributed by atoms with Crippen LogP contribution >= 0.6 is 0 Å². The molecule has 12 aromatic rings. The maximum atomic E-state index is 13.4. The largest absolute Gasteiger partial charge is 0.489 e. The molecule has 0 bridgehead atoms. The van der Waals surface area contributed by atoms with Crippen LogP contribution in [0.25, 0.3) is 65.4 Å². The summed E-state index contributed by atoms with van der Waals surface area (Å²) in [5.74, 6) is 2.22. The predicted octanol–water partition coefficient (Wildman–Crippen LogP) is 21.1. The highest BCUT2D eigenvalue weighted by molar-refractivity contribution is 5.95. The molecule has 51 heteroatoms. The van der Waals surface area contributed by atoms with Gasteiger partial charge in [-0.05, 0) is 75.4 Å². The number of rotatable bonds is 8. The van der Waals surface area contributed by atoms with Crippen molar-refractivity contribution >= 4 is 99.5 Å². The maximum Gasteiger partial charge on any atom is 0.417 e. The molecule has 0 radical (unpaired) electrons. The summed E-state index contributed by atoms with van der Waals surface area (Å²) >= 11 is 0. The van der Waals surface area contributed by atoms with E-state index in [1.165, 1.54) is 48.0 Å². The van der Waals surface area contributed by atoms with Gasteiger partial charge in [0.2, 0.25) is 27.8 Å². The second-order valence-corrected chi connectivity index (χ2v) is 35.5. The van der Waals surface area contributed by atoms with Crippen molar-refractivity contribution in [1.29, 1.82) is 0 Å². The van der Waals surface area contributed by atoms with Gasteiger partial charge < -0.3 is 87.3 Å². The number of nitrogens with zero attached hydrogens (tertiary/aromatic N) is 7. The van der Waals surface area contributed by atoms with E-state index in [4.69, 9.17) is 28.4 Å². The number of nitrogens with one attached hydrogen (secondary N) is 5. The van der Waals surface area contributed by atoms with Crippen LogP contribution in [0.2, 0.25) is 0 Å². The van der Waals surface area contributed by atoms with Crippen LogP contribution in [0.4, 0.5) is 153 Å². The third-order valence-electron chi connectivity index (χ3n) is 23.0. The van der Waals surface area contributed by atoms with Gasteiger partial charge in [0.1, 0.15) is 91.8 Å². The van der Waals surface area contributed by atoms with Crippen LogP contribution in [0.3, 0.4) is 0 Å². The third-order valence-corrected chi connectivity index (χ3v) is 23.0. The first-order valence-electron chi connectivity index (χ1n) is 43.8. The van der Waals surface area contributed by atoms with Crippen LogP contribution in [0.5, 0.6) is 34.5 Å². The van der Waals surface area contributed by atoms with Gasteiger partial charge in [-0.15, -0.1) is 0 Å². The lowest BCUT2D eigenvalue weighted by Gasteiger charge is -2.36. The van der Waals surface area contributed by atoms with E-state index in [0.717, 1.165) is 64.2 Å². The van der Waals surface area contributed by atoms with E-state index in [9.17, 15) is 147 Å². The van der Waals surface area contributed by atoms with Crippen molar-refractivity contribution in [3.63, 3.8) is 0 Å². The Hall–Kier alpha value is -13.7. The molecule has 24 nitrogen and oxygen atoms in total. The first-order chi connectivity index (χ1) is 66.5. The molecule has 18 rings (SSSR count). The molecule has 0 saturated carbocycles. The van der Waals surface area contributed by atoms with Crippen LogP contribution in [-0.2, 0) is 44.1 Å². The number of H-pyrrole nitrogens is 5. The van der Waals surface area contributed by atoms with Gasteiger partial charge in [-0.1, -0.05) is 34.6 Å². The van der Waals surface area contributed by atoms with Crippen molar-refractivity contribution in [2.75, 3.05) is 122 Å². The predicted molar refractivity (Wildman–Crippen MR) is 480 cm³/mol. The van der Waals surface area contributed by atoms with Gasteiger partial charge in [-0.25, -0.2) is 0 Å². The van der Waals surface area contributed by atoms with E-state index in [-0.39, 0.29) is 115 Å². The number of aromatic amines is 5. The Morgan fingerprint density at radius 2 is 0.569 bits per heavy atom. The Labute approximate surface area is 794 Å². The summed E-state index contributed by atoms with van der Waals surface area (Å²) in [6.07, 6.45) is -43.2. The summed E-state index contributed by atoms with van der Waals surface area (Å²) in [4.78, 5) is 89.7. The van der Waals surface area contributed by atoms with E-state index in [1.807, 2.05) is 21.6 Å². The minimum absolute atomic E-state index is 0.00882.